The van der Waals surface area contributed by atoms with E-state index < -0.39 is 20.0 Å². The Hall–Kier alpha value is -3.12. The molecule has 0 radical (unpaired) electrons. The van der Waals surface area contributed by atoms with Gasteiger partial charge in [0, 0.05) is 39.8 Å². The summed E-state index contributed by atoms with van der Waals surface area (Å²) in [4.78, 5) is 2.33. The highest BCUT2D eigenvalue weighted by Gasteiger charge is 2.30. The smallest absolute Gasteiger partial charge is 0.243 e. The molecule has 0 saturated carbocycles. The van der Waals surface area contributed by atoms with E-state index in [1.807, 2.05) is 35.2 Å². The summed E-state index contributed by atoms with van der Waals surface area (Å²) in [6.45, 7) is 1.63. The van der Waals surface area contributed by atoms with Crippen molar-refractivity contribution in [2.24, 2.45) is 0 Å². The maximum atomic E-state index is 13.3. The first-order valence-corrected chi connectivity index (χ1v) is 15.1. The Morgan fingerprint density at radius 1 is 0.789 bits per heavy atom. The van der Waals surface area contributed by atoms with Gasteiger partial charge in [0.15, 0.2) is 0 Å². The zero-order valence-electron chi connectivity index (χ0n) is 21.8. The highest BCUT2D eigenvalue weighted by molar-refractivity contribution is 7.89. The van der Waals surface area contributed by atoms with Gasteiger partial charge >= 0.3 is 0 Å². The second-order valence-corrected chi connectivity index (χ2v) is 12.9. The minimum absolute atomic E-state index is 0.164. The fraction of sp³-hybridized carbons (Fsp3) is 0.333. The van der Waals surface area contributed by atoms with Crippen molar-refractivity contribution in [2.45, 2.75) is 16.2 Å². The lowest BCUT2D eigenvalue weighted by Gasteiger charge is -2.36. The molecule has 0 unspecified atom stereocenters. The Morgan fingerprint density at radius 2 is 1.42 bits per heavy atom. The molecule has 1 heterocycles. The van der Waals surface area contributed by atoms with E-state index in [0.717, 1.165) is 5.56 Å². The summed E-state index contributed by atoms with van der Waals surface area (Å²) in [5, 5.41) is 0. The van der Waals surface area contributed by atoms with Crippen molar-refractivity contribution >= 4 is 25.7 Å². The average Bonchev–Trinajstić information content (AvgIpc) is 2.96. The number of nitrogens with zero attached hydrogens (tertiary/aromatic N) is 3. The Morgan fingerprint density at radius 3 is 2.03 bits per heavy atom. The van der Waals surface area contributed by atoms with Crippen molar-refractivity contribution in [2.75, 3.05) is 58.9 Å². The molecule has 1 fully saturated rings. The summed E-state index contributed by atoms with van der Waals surface area (Å²) in [5.74, 6) is 1.11. The Bertz CT molecular complexity index is 1440. The van der Waals surface area contributed by atoms with Crippen molar-refractivity contribution in [1.29, 1.82) is 0 Å². The molecule has 0 bridgehead atoms. The van der Waals surface area contributed by atoms with Gasteiger partial charge in [-0.1, -0.05) is 30.3 Å². The van der Waals surface area contributed by atoms with Crippen molar-refractivity contribution in [3.8, 4) is 11.5 Å². The second-order valence-electron chi connectivity index (χ2n) is 8.96. The Labute approximate surface area is 225 Å². The molecule has 1 saturated heterocycles. The number of likely N-dealkylation sites (N-methyl/N-ethyl adjacent to an activating group) is 1. The molecule has 1 aliphatic heterocycles. The first kappa shape index (κ1) is 27.9. The number of hydrogen-bond acceptors (Lipinski definition) is 7. The fourth-order valence-electron chi connectivity index (χ4n) is 4.37. The maximum absolute atomic E-state index is 13.3. The van der Waals surface area contributed by atoms with Gasteiger partial charge in [-0.15, -0.1) is 0 Å². The van der Waals surface area contributed by atoms with Crippen LogP contribution in [-0.2, 0) is 26.5 Å². The average molecular weight is 560 g/mol. The van der Waals surface area contributed by atoms with Gasteiger partial charge in [0.25, 0.3) is 0 Å². The Balaban J connectivity index is 1.48. The van der Waals surface area contributed by atoms with Crippen LogP contribution in [-0.4, -0.2) is 79.4 Å². The molecule has 9 nitrogen and oxygen atoms in total. The highest BCUT2D eigenvalue weighted by Crippen LogP contribution is 2.33. The lowest BCUT2D eigenvalue weighted by atomic mass is 10.2. The monoisotopic (exact) mass is 559 g/mol. The lowest BCUT2D eigenvalue weighted by Crippen LogP contribution is -2.48. The van der Waals surface area contributed by atoms with E-state index in [-0.39, 0.29) is 22.9 Å². The van der Waals surface area contributed by atoms with Crippen LogP contribution < -0.4 is 14.4 Å². The number of anilines is 1. The topological polar surface area (TPSA) is 96.5 Å². The van der Waals surface area contributed by atoms with Crippen molar-refractivity contribution in [3.05, 3.63) is 78.4 Å². The van der Waals surface area contributed by atoms with Crippen LogP contribution in [0.5, 0.6) is 11.5 Å². The largest absolute Gasteiger partial charge is 0.497 e. The third-order valence-corrected chi connectivity index (χ3v) is 10.5. The Kier molecular flexibility index (Phi) is 8.61. The molecule has 0 atom stereocenters. The number of piperazine rings is 1. The summed E-state index contributed by atoms with van der Waals surface area (Å²) in [6, 6.07) is 20.8. The number of sulfonamides is 2. The molecule has 3 aromatic rings. The van der Waals surface area contributed by atoms with E-state index in [2.05, 4.69) is 0 Å². The minimum Gasteiger partial charge on any atom is -0.497 e. The van der Waals surface area contributed by atoms with Gasteiger partial charge in [-0.3, -0.25) is 0 Å². The van der Waals surface area contributed by atoms with Crippen LogP contribution in [0.2, 0.25) is 0 Å². The molecule has 1 aliphatic rings. The fourth-order valence-corrected chi connectivity index (χ4v) is 6.99. The summed E-state index contributed by atoms with van der Waals surface area (Å²) in [6.07, 6.45) is 0.601. The summed E-state index contributed by atoms with van der Waals surface area (Å²) in [7, 11) is -2.77. The molecule has 11 heteroatoms. The highest BCUT2D eigenvalue weighted by atomic mass is 32.2. The molecular formula is C27H33N3O6S2. The van der Waals surface area contributed by atoms with E-state index in [1.165, 1.54) is 35.0 Å². The SMILES string of the molecule is COc1ccc(S(=O)(=O)N2CCN(c3cc(S(=O)(=O)N(C)CCc4ccccc4)ccc3OC)CC2)cc1. The molecule has 0 spiro atoms. The third kappa shape index (κ3) is 5.96. The normalized spacial score (nSPS) is 15.0. The lowest BCUT2D eigenvalue weighted by molar-refractivity contribution is 0.378. The maximum Gasteiger partial charge on any atom is 0.243 e. The first-order valence-electron chi connectivity index (χ1n) is 12.2. The molecule has 0 aliphatic carbocycles. The van der Waals surface area contributed by atoms with Crippen molar-refractivity contribution in [1.82, 2.24) is 8.61 Å². The molecule has 0 amide bonds. The number of methoxy groups -OCH3 is 2. The number of ether oxygens (including phenoxy) is 2. The molecule has 3 aromatic carbocycles. The zero-order chi connectivity index (χ0) is 27.3. The quantitative estimate of drug-likeness (QED) is 0.377. The molecular weight excluding hydrogens is 526 g/mol. The van der Waals surface area contributed by atoms with Crippen LogP contribution in [0.4, 0.5) is 5.69 Å². The van der Waals surface area contributed by atoms with Crippen molar-refractivity contribution < 1.29 is 26.3 Å². The number of hydrogen-bond donors (Lipinski definition) is 0. The summed E-state index contributed by atoms with van der Waals surface area (Å²) in [5.41, 5.74) is 1.68. The molecule has 4 rings (SSSR count). The van der Waals surface area contributed by atoms with E-state index >= 15 is 0 Å². The third-order valence-electron chi connectivity index (χ3n) is 6.69. The molecule has 204 valence electrons. The minimum atomic E-state index is -3.74. The molecule has 38 heavy (non-hydrogen) atoms. The number of benzene rings is 3. The summed E-state index contributed by atoms with van der Waals surface area (Å²) >= 11 is 0. The zero-order valence-corrected chi connectivity index (χ0v) is 23.4. The van der Waals surface area contributed by atoms with E-state index in [1.54, 1.807) is 37.4 Å². The van der Waals surface area contributed by atoms with E-state index in [4.69, 9.17) is 9.47 Å². The predicted molar refractivity (Wildman–Crippen MR) is 147 cm³/mol. The first-order chi connectivity index (χ1) is 18.2. The van der Waals surface area contributed by atoms with Crippen LogP contribution in [0.25, 0.3) is 0 Å². The van der Waals surface area contributed by atoms with Crippen LogP contribution >= 0.6 is 0 Å². The van der Waals surface area contributed by atoms with Crippen molar-refractivity contribution in [3.63, 3.8) is 0 Å². The number of rotatable bonds is 10. The van der Waals surface area contributed by atoms with E-state index in [0.29, 0.717) is 43.2 Å². The van der Waals surface area contributed by atoms with Gasteiger partial charge in [-0.2, -0.15) is 4.31 Å². The van der Waals surface area contributed by atoms with Crippen LogP contribution in [0.3, 0.4) is 0 Å². The van der Waals surface area contributed by atoms with Gasteiger partial charge < -0.3 is 14.4 Å². The molecule has 0 aromatic heterocycles. The van der Waals surface area contributed by atoms with Crippen LogP contribution in [0.1, 0.15) is 5.56 Å². The van der Waals surface area contributed by atoms with Crippen LogP contribution in [0, 0.1) is 0 Å². The van der Waals surface area contributed by atoms with Gasteiger partial charge in [0.2, 0.25) is 20.0 Å². The summed E-state index contributed by atoms with van der Waals surface area (Å²) < 4.78 is 66.4. The predicted octanol–water partition coefficient (Wildman–Crippen LogP) is 3.08. The van der Waals surface area contributed by atoms with E-state index in [9.17, 15) is 16.8 Å². The van der Waals surface area contributed by atoms with Gasteiger partial charge in [-0.25, -0.2) is 21.1 Å². The van der Waals surface area contributed by atoms with Gasteiger partial charge in [0.1, 0.15) is 11.5 Å². The standard InChI is InChI=1S/C27H33N3O6S2/c1-28(16-15-22-7-5-4-6-8-22)37(31,32)25-13-14-27(36-3)26(21-25)29-17-19-30(20-18-29)38(33,34)24-11-9-23(35-2)10-12-24/h4-14,21H,15-20H2,1-3H3. The van der Waals surface area contributed by atoms with Crippen LogP contribution in [0.15, 0.2) is 82.6 Å². The molecule has 0 N–H and O–H groups in total. The van der Waals surface area contributed by atoms with Gasteiger partial charge in [0.05, 0.1) is 29.7 Å². The van der Waals surface area contributed by atoms with Gasteiger partial charge in [-0.05, 0) is 54.4 Å². The second kappa shape index (κ2) is 11.7.